The Morgan fingerprint density at radius 2 is 1.67 bits per heavy atom. The number of rotatable bonds is 2. The molecule has 0 atom stereocenters. The average Bonchev–Trinajstić information content (AvgIpc) is 2.50. The Hall–Kier alpha value is -2.56. The molecule has 2 aromatic carbocycles. The number of fused-ring (bicyclic) bond motifs is 1. The predicted molar refractivity (Wildman–Crippen MR) is 77.1 cm³/mol. The second-order valence-electron chi connectivity index (χ2n) is 4.76. The fraction of sp³-hybridized carbons (Fsp3) is 0.125. The van der Waals surface area contributed by atoms with Crippen molar-refractivity contribution in [2.24, 2.45) is 0 Å². The topological polar surface area (TPSA) is 45.8 Å². The second kappa shape index (κ2) is 5.09. The van der Waals surface area contributed by atoms with Gasteiger partial charge in [-0.25, -0.2) is 13.9 Å². The molecular formula is C16H12F2N2O. The van der Waals surface area contributed by atoms with Crippen LogP contribution in [0.25, 0.3) is 22.0 Å². The lowest BCUT2D eigenvalue weighted by atomic mass is 10.0. The number of benzene rings is 2. The molecule has 0 radical (unpaired) electrons. The predicted octanol–water partition coefficient (Wildman–Crippen LogP) is 3.43. The van der Waals surface area contributed by atoms with E-state index in [1.54, 1.807) is 0 Å². The average molecular weight is 286 g/mol. The Bertz CT molecular complexity index is 870. The molecule has 1 aromatic heterocycles. The van der Waals surface area contributed by atoms with Crippen LogP contribution in [0.1, 0.15) is 12.5 Å². The zero-order valence-electron chi connectivity index (χ0n) is 11.3. The van der Waals surface area contributed by atoms with Crippen molar-refractivity contribution in [1.29, 1.82) is 0 Å². The number of nitrogens with one attached hydrogen (secondary N) is 1. The number of aryl methyl sites for hydroxylation is 1. The van der Waals surface area contributed by atoms with Crippen LogP contribution in [0.15, 0.2) is 41.2 Å². The highest BCUT2D eigenvalue weighted by atomic mass is 19.2. The van der Waals surface area contributed by atoms with Crippen molar-refractivity contribution in [3.05, 3.63) is 63.9 Å². The van der Waals surface area contributed by atoms with Crippen molar-refractivity contribution in [3.63, 3.8) is 0 Å². The van der Waals surface area contributed by atoms with E-state index in [2.05, 4.69) is 10.2 Å². The summed E-state index contributed by atoms with van der Waals surface area (Å²) < 4.78 is 26.8. The first-order chi connectivity index (χ1) is 10.1. The van der Waals surface area contributed by atoms with Gasteiger partial charge in [0.05, 0.1) is 11.1 Å². The number of halogens is 2. The van der Waals surface area contributed by atoms with E-state index >= 15 is 0 Å². The van der Waals surface area contributed by atoms with Crippen LogP contribution in [0.3, 0.4) is 0 Å². The molecule has 0 aliphatic carbocycles. The highest BCUT2D eigenvalue weighted by molar-refractivity contribution is 5.93. The molecule has 0 fully saturated rings. The Kier molecular flexibility index (Phi) is 3.25. The van der Waals surface area contributed by atoms with Crippen LogP contribution >= 0.6 is 0 Å². The zero-order chi connectivity index (χ0) is 15.0. The van der Waals surface area contributed by atoms with E-state index in [1.807, 2.05) is 31.2 Å². The summed E-state index contributed by atoms with van der Waals surface area (Å²) in [6.45, 7) is 2.04. The third-order valence-corrected chi connectivity index (χ3v) is 3.47. The zero-order valence-corrected chi connectivity index (χ0v) is 11.3. The van der Waals surface area contributed by atoms with Crippen LogP contribution in [0.2, 0.25) is 0 Å². The molecule has 3 nitrogen and oxygen atoms in total. The molecule has 1 heterocycles. The van der Waals surface area contributed by atoms with E-state index in [4.69, 9.17) is 0 Å². The lowest BCUT2D eigenvalue weighted by Crippen LogP contribution is -2.10. The molecule has 1 N–H and O–H groups in total. The monoisotopic (exact) mass is 286 g/mol. The van der Waals surface area contributed by atoms with Gasteiger partial charge in [0.25, 0.3) is 5.56 Å². The van der Waals surface area contributed by atoms with E-state index < -0.39 is 17.2 Å². The minimum atomic E-state index is -1.05. The largest absolute Gasteiger partial charge is 0.272 e. The summed E-state index contributed by atoms with van der Waals surface area (Å²) in [5, 5.41) is 6.67. The number of H-pyrrole nitrogens is 1. The number of hydrogen-bond donors (Lipinski definition) is 1. The second-order valence-corrected chi connectivity index (χ2v) is 4.76. The van der Waals surface area contributed by atoms with Gasteiger partial charge in [0.2, 0.25) is 0 Å². The molecule has 0 aliphatic rings. The minimum Gasteiger partial charge on any atom is -0.267 e. The maximum absolute atomic E-state index is 13.5. The third-order valence-electron chi connectivity index (χ3n) is 3.47. The van der Waals surface area contributed by atoms with E-state index in [-0.39, 0.29) is 5.39 Å². The molecule has 0 unspecified atom stereocenters. The SMILES string of the molecule is CCc1ccc(-c2n[nH]c(=O)c3cc(F)c(F)cc23)cc1. The van der Waals surface area contributed by atoms with Gasteiger partial charge in [-0.15, -0.1) is 0 Å². The minimum absolute atomic E-state index is 0.0819. The summed E-state index contributed by atoms with van der Waals surface area (Å²) >= 11 is 0. The summed E-state index contributed by atoms with van der Waals surface area (Å²) in [4.78, 5) is 11.7. The van der Waals surface area contributed by atoms with Gasteiger partial charge in [0, 0.05) is 10.9 Å². The van der Waals surface area contributed by atoms with Crippen molar-refractivity contribution in [3.8, 4) is 11.3 Å². The van der Waals surface area contributed by atoms with Crippen LogP contribution in [-0.2, 0) is 6.42 Å². The summed E-state index contributed by atoms with van der Waals surface area (Å²) in [6.07, 6.45) is 0.903. The van der Waals surface area contributed by atoms with Crippen LogP contribution in [-0.4, -0.2) is 10.2 Å². The third kappa shape index (κ3) is 2.31. The van der Waals surface area contributed by atoms with Gasteiger partial charge in [-0.1, -0.05) is 31.2 Å². The Morgan fingerprint density at radius 3 is 2.29 bits per heavy atom. The van der Waals surface area contributed by atoms with E-state index in [9.17, 15) is 13.6 Å². The van der Waals surface area contributed by atoms with Crippen molar-refractivity contribution in [2.75, 3.05) is 0 Å². The number of nitrogens with zero attached hydrogens (tertiary/aromatic N) is 1. The van der Waals surface area contributed by atoms with Crippen molar-refractivity contribution < 1.29 is 8.78 Å². The van der Waals surface area contributed by atoms with Gasteiger partial charge in [-0.3, -0.25) is 4.79 Å². The van der Waals surface area contributed by atoms with Crippen molar-refractivity contribution >= 4 is 10.8 Å². The molecule has 3 rings (SSSR count). The Balaban J connectivity index is 2.29. The molecule has 21 heavy (non-hydrogen) atoms. The first-order valence-electron chi connectivity index (χ1n) is 6.57. The van der Waals surface area contributed by atoms with E-state index in [0.717, 1.165) is 29.7 Å². The first kappa shape index (κ1) is 13.4. The fourth-order valence-electron chi connectivity index (χ4n) is 2.28. The Morgan fingerprint density at radius 1 is 1.05 bits per heavy atom. The lowest BCUT2D eigenvalue weighted by Gasteiger charge is -2.06. The highest BCUT2D eigenvalue weighted by Gasteiger charge is 2.13. The van der Waals surface area contributed by atoms with Gasteiger partial charge in [-0.2, -0.15) is 5.10 Å². The molecule has 0 aliphatic heterocycles. The smallest absolute Gasteiger partial charge is 0.267 e. The van der Waals surface area contributed by atoms with Crippen LogP contribution in [0, 0.1) is 11.6 Å². The Labute approximate surface area is 119 Å². The highest BCUT2D eigenvalue weighted by Crippen LogP contribution is 2.26. The summed E-state index contributed by atoms with van der Waals surface area (Å²) in [5.41, 5.74) is 1.77. The van der Waals surface area contributed by atoms with E-state index in [0.29, 0.717) is 11.1 Å². The summed E-state index contributed by atoms with van der Waals surface area (Å²) in [5.74, 6) is -2.05. The van der Waals surface area contributed by atoms with Crippen LogP contribution in [0.4, 0.5) is 8.78 Å². The van der Waals surface area contributed by atoms with E-state index in [1.165, 1.54) is 0 Å². The standard InChI is InChI=1S/C16H12F2N2O/c1-2-9-3-5-10(6-4-9)15-11-7-13(17)14(18)8-12(11)16(21)20-19-15/h3-8H,2H2,1H3,(H,20,21). The number of hydrogen-bond acceptors (Lipinski definition) is 2. The fourth-order valence-corrected chi connectivity index (χ4v) is 2.28. The van der Waals surface area contributed by atoms with Crippen molar-refractivity contribution in [2.45, 2.75) is 13.3 Å². The van der Waals surface area contributed by atoms with Gasteiger partial charge >= 0.3 is 0 Å². The quantitative estimate of drug-likeness (QED) is 0.784. The lowest BCUT2D eigenvalue weighted by molar-refractivity contribution is 0.511. The molecule has 0 saturated carbocycles. The molecule has 3 aromatic rings. The van der Waals surface area contributed by atoms with Gasteiger partial charge in [0.1, 0.15) is 0 Å². The molecule has 0 amide bonds. The summed E-state index contributed by atoms with van der Waals surface area (Å²) in [6, 6.07) is 9.48. The molecule has 106 valence electrons. The molecule has 0 bridgehead atoms. The maximum atomic E-state index is 13.5. The first-order valence-corrected chi connectivity index (χ1v) is 6.57. The summed E-state index contributed by atoms with van der Waals surface area (Å²) in [7, 11) is 0. The normalized spacial score (nSPS) is 11.0. The number of aromatic amines is 1. The van der Waals surface area contributed by atoms with Crippen molar-refractivity contribution in [1.82, 2.24) is 10.2 Å². The van der Waals surface area contributed by atoms with Gasteiger partial charge in [0.15, 0.2) is 11.6 Å². The van der Waals surface area contributed by atoms with Gasteiger partial charge in [-0.05, 0) is 24.1 Å². The number of aromatic nitrogens is 2. The molecule has 0 spiro atoms. The van der Waals surface area contributed by atoms with Crippen LogP contribution in [0.5, 0.6) is 0 Å². The van der Waals surface area contributed by atoms with Crippen LogP contribution < -0.4 is 5.56 Å². The maximum Gasteiger partial charge on any atom is 0.272 e. The molecule has 0 saturated heterocycles. The molecule has 5 heteroatoms. The van der Waals surface area contributed by atoms with Gasteiger partial charge < -0.3 is 0 Å². The molecular weight excluding hydrogens is 274 g/mol.